The number of methoxy groups -OCH3 is 1. The van der Waals surface area contributed by atoms with Crippen LogP contribution in [0.3, 0.4) is 0 Å². The van der Waals surface area contributed by atoms with Gasteiger partial charge in [-0.2, -0.15) is 4.31 Å². The lowest BCUT2D eigenvalue weighted by Crippen LogP contribution is -2.32. The van der Waals surface area contributed by atoms with Crippen LogP contribution in [0.25, 0.3) is 0 Å². The van der Waals surface area contributed by atoms with Crippen molar-refractivity contribution in [2.45, 2.75) is 30.7 Å². The zero-order valence-electron chi connectivity index (χ0n) is 19.1. The average molecular weight is 482 g/mol. The second-order valence-electron chi connectivity index (χ2n) is 8.25. The van der Waals surface area contributed by atoms with E-state index in [2.05, 4.69) is 0 Å². The maximum Gasteiger partial charge on any atom is 0.304 e. The second kappa shape index (κ2) is 9.87. The molecular formula is C26H27NO6S. The molecule has 1 heterocycles. The molecule has 3 aromatic rings. The third kappa shape index (κ3) is 4.93. The lowest BCUT2D eigenvalue weighted by molar-refractivity contribution is -0.137. The number of aliphatic carboxylic acids is 1. The summed E-state index contributed by atoms with van der Waals surface area (Å²) in [4.78, 5) is 11.8. The molecule has 0 amide bonds. The van der Waals surface area contributed by atoms with E-state index in [9.17, 15) is 18.3 Å². The second-order valence-corrected chi connectivity index (χ2v) is 10.2. The lowest BCUT2D eigenvalue weighted by atomic mass is 9.87. The van der Waals surface area contributed by atoms with Crippen molar-refractivity contribution in [3.05, 3.63) is 89.0 Å². The van der Waals surface area contributed by atoms with Gasteiger partial charge in [-0.25, -0.2) is 8.42 Å². The summed E-state index contributed by atoms with van der Waals surface area (Å²) in [7, 11) is -2.18. The highest BCUT2D eigenvalue weighted by Crippen LogP contribution is 2.33. The quantitative estimate of drug-likeness (QED) is 0.544. The Morgan fingerprint density at radius 1 is 1.09 bits per heavy atom. The van der Waals surface area contributed by atoms with Crippen LogP contribution < -0.4 is 9.47 Å². The minimum Gasteiger partial charge on any atom is -0.497 e. The van der Waals surface area contributed by atoms with Crippen molar-refractivity contribution < 1.29 is 27.8 Å². The molecule has 1 aliphatic heterocycles. The molecule has 178 valence electrons. The minimum atomic E-state index is -3.75. The lowest BCUT2D eigenvalue weighted by Gasteiger charge is -2.23. The number of para-hydroxylation sites is 1. The van der Waals surface area contributed by atoms with Crippen molar-refractivity contribution >= 4 is 16.0 Å². The van der Waals surface area contributed by atoms with Crippen LogP contribution in [0.5, 0.6) is 11.5 Å². The normalized spacial score (nSPS) is 16.1. The summed E-state index contributed by atoms with van der Waals surface area (Å²) in [5.74, 6) is -0.319. The fourth-order valence-corrected chi connectivity index (χ4v) is 5.73. The van der Waals surface area contributed by atoms with Gasteiger partial charge in [0.25, 0.3) is 0 Å². The molecule has 8 heteroatoms. The van der Waals surface area contributed by atoms with Crippen molar-refractivity contribution in [1.82, 2.24) is 4.31 Å². The van der Waals surface area contributed by atoms with Crippen LogP contribution in [0.2, 0.25) is 0 Å². The first-order valence-corrected chi connectivity index (χ1v) is 12.4. The highest BCUT2D eigenvalue weighted by atomic mass is 32.2. The Morgan fingerprint density at radius 3 is 2.62 bits per heavy atom. The summed E-state index contributed by atoms with van der Waals surface area (Å²) in [5.41, 5.74) is 3.37. The summed E-state index contributed by atoms with van der Waals surface area (Å²) in [6.45, 7) is 2.55. The molecule has 1 unspecified atom stereocenters. The van der Waals surface area contributed by atoms with Crippen molar-refractivity contribution in [2.75, 3.05) is 20.3 Å². The molecular weight excluding hydrogens is 454 g/mol. The minimum absolute atomic E-state index is 0.0983. The van der Waals surface area contributed by atoms with Crippen LogP contribution in [-0.2, 0) is 21.4 Å². The standard InChI is InChI=1S/C26H27NO6S/c1-18-10-11-20(23(16-26(28)29)19-6-5-7-22(15-19)32-2)14-21(18)17-27-12-13-33-24-8-3-4-9-25(24)34(27,30)31/h3-11,14-15,23H,12-13,16-17H2,1-2H3,(H,28,29). The zero-order chi connectivity index (χ0) is 24.3. The molecule has 3 aromatic carbocycles. The molecule has 1 atom stereocenters. The van der Waals surface area contributed by atoms with Crippen LogP contribution in [-0.4, -0.2) is 44.1 Å². The summed E-state index contributed by atoms with van der Waals surface area (Å²) >= 11 is 0. The zero-order valence-corrected chi connectivity index (χ0v) is 19.9. The molecule has 4 rings (SSSR count). The van der Waals surface area contributed by atoms with Gasteiger partial charge in [0.1, 0.15) is 23.0 Å². The number of fused-ring (bicyclic) bond motifs is 1. The third-order valence-corrected chi connectivity index (χ3v) is 7.95. The van der Waals surface area contributed by atoms with Gasteiger partial charge in [0.05, 0.1) is 13.5 Å². The molecule has 1 aliphatic rings. The number of rotatable bonds is 7. The van der Waals surface area contributed by atoms with E-state index in [1.54, 1.807) is 31.4 Å². The Bertz CT molecular complexity index is 1300. The van der Waals surface area contributed by atoms with E-state index in [-0.39, 0.29) is 31.0 Å². The van der Waals surface area contributed by atoms with E-state index in [1.165, 1.54) is 4.31 Å². The Balaban J connectivity index is 1.70. The van der Waals surface area contributed by atoms with Gasteiger partial charge >= 0.3 is 5.97 Å². The van der Waals surface area contributed by atoms with Crippen molar-refractivity contribution in [3.63, 3.8) is 0 Å². The number of carbonyl (C=O) groups is 1. The average Bonchev–Trinajstić information content (AvgIpc) is 2.95. The number of nitrogens with zero attached hydrogens (tertiary/aromatic N) is 1. The fraction of sp³-hybridized carbons (Fsp3) is 0.269. The summed E-state index contributed by atoms with van der Waals surface area (Å²) < 4.78 is 39.1. The number of hydrogen-bond acceptors (Lipinski definition) is 5. The van der Waals surface area contributed by atoms with Gasteiger partial charge < -0.3 is 14.6 Å². The third-order valence-electron chi connectivity index (χ3n) is 6.06. The molecule has 0 aromatic heterocycles. The van der Waals surface area contributed by atoms with Gasteiger partial charge in [0.2, 0.25) is 10.0 Å². The maximum absolute atomic E-state index is 13.4. The van der Waals surface area contributed by atoms with Crippen molar-refractivity contribution in [2.24, 2.45) is 0 Å². The topological polar surface area (TPSA) is 93.1 Å². The number of benzene rings is 3. The van der Waals surface area contributed by atoms with Gasteiger partial charge in [-0.15, -0.1) is 0 Å². The molecule has 1 N–H and O–H groups in total. The van der Waals surface area contributed by atoms with Crippen LogP contribution in [0, 0.1) is 6.92 Å². The SMILES string of the molecule is COc1cccc(C(CC(=O)O)c2ccc(C)c(CN3CCOc4ccccc4S3(=O)=O)c2)c1. The van der Waals surface area contributed by atoms with E-state index in [0.29, 0.717) is 11.5 Å². The largest absolute Gasteiger partial charge is 0.497 e. The maximum atomic E-state index is 13.4. The van der Waals surface area contributed by atoms with Gasteiger partial charge in [-0.3, -0.25) is 4.79 Å². The number of ether oxygens (including phenoxy) is 2. The Labute approximate surface area is 199 Å². The summed E-state index contributed by atoms with van der Waals surface area (Å²) in [6, 6.07) is 19.7. The molecule has 34 heavy (non-hydrogen) atoms. The molecule has 7 nitrogen and oxygen atoms in total. The van der Waals surface area contributed by atoms with Crippen LogP contribution in [0.15, 0.2) is 71.6 Å². The molecule has 0 spiro atoms. The molecule has 0 radical (unpaired) electrons. The fourth-order valence-electron chi connectivity index (χ4n) is 4.19. The summed E-state index contributed by atoms with van der Waals surface area (Å²) in [6.07, 6.45) is -0.0983. The van der Waals surface area contributed by atoms with E-state index < -0.39 is 21.9 Å². The highest BCUT2D eigenvalue weighted by molar-refractivity contribution is 7.89. The van der Waals surface area contributed by atoms with E-state index in [4.69, 9.17) is 9.47 Å². The molecule has 0 aliphatic carbocycles. The van der Waals surface area contributed by atoms with E-state index in [0.717, 1.165) is 22.3 Å². The molecule has 0 saturated carbocycles. The smallest absolute Gasteiger partial charge is 0.304 e. The number of sulfonamides is 1. The molecule has 0 bridgehead atoms. The van der Waals surface area contributed by atoms with Gasteiger partial charge in [-0.05, 0) is 53.4 Å². The Kier molecular flexibility index (Phi) is 6.90. The van der Waals surface area contributed by atoms with E-state index >= 15 is 0 Å². The number of aryl methyl sites for hydroxylation is 1. The van der Waals surface area contributed by atoms with Gasteiger partial charge in [0, 0.05) is 19.0 Å². The molecule has 0 fully saturated rings. The van der Waals surface area contributed by atoms with Crippen LogP contribution in [0.1, 0.15) is 34.6 Å². The van der Waals surface area contributed by atoms with Crippen molar-refractivity contribution in [1.29, 1.82) is 0 Å². The van der Waals surface area contributed by atoms with Gasteiger partial charge in [0.15, 0.2) is 0 Å². The van der Waals surface area contributed by atoms with Crippen LogP contribution in [0.4, 0.5) is 0 Å². The Hall–Kier alpha value is -3.36. The first-order valence-electron chi connectivity index (χ1n) is 11.0. The van der Waals surface area contributed by atoms with E-state index in [1.807, 2.05) is 49.4 Å². The Morgan fingerprint density at radius 2 is 1.85 bits per heavy atom. The highest BCUT2D eigenvalue weighted by Gasteiger charge is 2.31. The van der Waals surface area contributed by atoms with Crippen LogP contribution >= 0.6 is 0 Å². The summed E-state index contributed by atoms with van der Waals surface area (Å²) in [5, 5.41) is 9.58. The molecule has 0 saturated heterocycles. The monoisotopic (exact) mass is 481 g/mol. The number of carboxylic acids is 1. The predicted octanol–water partition coefficient (Wildman–Crippen LogP) is 4.19. The number of hydrogen-bond donors (Lipinski definition) is 1. The van der Waals surface area contributed by atoms with Crippen molar-refractivity contribution in [3.8, 4) is 11.5 Å². The first-order chi connectivity index (χ1) is 16.3. The number of carboxylic acid groups (broad SMARTS) is 1. The predicted molar refractivity (Wildman–Crippen MR) is 128 cm³/mol. The van der Waals surface area contributed by atoms with Gasteiger partial charge in [-0.1, -0.05) is 42.5 Å². The first kappa shape index (κ1) is 23.8.